The molecule has 2 heterocycles. The fourth-order valence-corrected chi connectivity index (χ4v) is 4.03. The Morgan fingerprint density at radius 3 is 2.70 bits per heavy atom. The molecule has 6 nitrogen and oxygen atoms in total. The molecule has 0 aliphatic carbocycles. The SMILES string of the molecule is CC(C)(C)c1cnc(CSc2cnc(NC(=O)CCCCCCC=O)s2)o1. The van der Waals surface area contributed by atoms with E-state index in [0.29, 0.717) is 29.6 Å². The minimum atomic E-state index is -0.0493. The monoisotopic (exact) mass is 409 g/mol. The third kappa shape index (κ3) is 7.84. The lowest BCUT2D eigenvalue weighted by Crippen LogP contribution is -2.10. The molecule has 2 aromatic heterocycles. The van der Waals surface area contributed by atoms with Gasteiger partial charge >= 0.3 is 0 Å². The number of unbranched alkanes of at least 4 members (excludes halogenated alkanes) is 4. The number of aldehydes is 1. The molecule has 0 aliphatic rings. The molecular weight excluding hydrogens is 382 g/mol. The first-order valence-electron chi connectivity index (χ1n) is 9.16. The number of hydrogen-bond acceptors (Lipinski definition) is 7. The van der Waals surface area contributed by atoms with E-state index in [-0.39, 0.29) is 11.3 Å². The predicted molar refractivity (Wildman–Crippen MR) is 109 cm³/mol. The molecule has 0 spiro atoms. The molecule has 1 amide bonds. The van der Waals surface area contributed by atoms with Crippen molar-refractivity contribution in [3.05, 3.63) is 24.0 Å². The number of anilines is 1. The van der Waals surface area contributed by atoms with Crippen molar-refractivity contribution < 1.29 is 14.0 Å². The summed E-state index contributed by atoms with van der Waals surface area (Å²) in [4.78, 5) is 30.8. The molecule has 0 saturated carbocycles. The van der Waals surface area contributed by atoms with Gasteiger partial charge in [0.05, 0.1) is 22.4 Å². The molecule has 0 saturated heterocycles. The average Bonchev–Trinajstić information content (AvgIpc) is 3.25. The molecule has 0 bridgehead atoms. The first kappa shape index (κ1) is 21.6. The van der Waals surface area contributed by atoms with E-state index in [4.69, 9.17) is 4.42 Å². The maximum atomic E-state index is 12.0. The topological polar surface area (TPSA) is 85.1 Å². The number of thiazole rings is 1. The molecule has 0 atom stereocenters. The van der Waals surface area contributed by atoms with Crippen molar-refractivity contribution in [2.24, 2.45) is 0 Å². The minimum absolute atomic E-state index is 0.0150. The van der Waals surface area contributed by atoms with Crippen LogP contribution < -0.4 is 5.32 Å². The van der Waals surface area contributed by atoms with Crippen LogP contribution in [0.25, 0.3) is 0 Å². The Kier molecular flexibility index (Phi) is 8.50. The minimum Gasteiger partial charge on any atom is -0.444 e. The number of hydrogen-bond donors (Lipinski definition) is 1. The number of carbonyl (C=O) groups is 2. The van der Waals surface area contributed by atoms with Gasteiger partial charge in [0.15, 0.2) is 5.13 Å². The van der Waals surface area contributed by atoms with Gasteiger partial charge in [-0.2, -0.15) is 0 Å². The van der Waals surface area contributed by atoms with E-state index in [1.807, 2.05) is 0 Å². The fraction of sp³-hybridized carbons (Fsp3) is 0.579. The zero-order valence-corrected chi connectivity index (χ0v) is 17.8. The van der Waals surface area contributed by atoms with E-state index < -0.39 is 0 Å². The lowest BCUT2D eigenvalue weighted by atomic mass is 9.94. The largest absolute Gasteiger partial charge is 0.444 e. The lowest BCUT2D eigenvalue weighted by molar-refractivity contribution is -0.116. The first-order valence-corrected chi connectivity index (χ1v) is 11.0. The molecule has 2 aromatic rings. The van der Waals surface area contributed by atoms with Gasteiger partial charge in [0.2, 0.25) is 11.8 Å². The van der Waals surface area contributed by atoms with Crippen molar-refractivity contribution in [2.45, 2.75) is 74.7 Å². The molecule has 27 heavy (non-hydrogen) atoms. The van der Waals surface area contributed by atoms with E-state index in [0.717, 1.165) is 41.9 Å². The highest BCUT2D eigenvalue weighted by atomic mass is 32.2. The fourth-order valence-electron chi connectivity index (χ4n) is 2.29. The van der Waals surface area contributed by atoms with Gasteiger partial charge in [0.25, 0.3) is 0 Å². The summed E-state index contributed by atoms with van der Waals surface area (Å²) in [5.41, 5.74) is -0.0493. The number of rotatable bonds is 11. The molecule has 0 unspecified atom stereocenters. The van der Waals surface area contributed by atoms with Crippen LogP contribution in [-0.2, 0) is 20.8 Å². The highest BCUT2D eigenvalue weighted by Crippen LogP contribution is 2.31. The highest BCUT2D eigenvalue weighted by Gasteiger charge is 2.19. The van der Waals surface area contributed by atoms with Crippen molar-refractivity contribution in [1.82, 2.24) is 9.97 Å². The number of oxazole rings is 1. The van der Waals surface area contributed by atoms with Gasteiger partial charge in [-0.3, -0.25) is 4.79 Å². The summed E-state index contributed by atoms with van der Waals surface area (Å²) in [7, 11) is 0. The van der Waals surface area contributed by atoms with Crippen molar-refractivity contribution in [3.63, 3.8) is 0 Å². The highest BCUT2D eigenvalue weighted by molar-refractivity contribution is 8.00. The zero-order valence-electron chi connectivity index (χ0n) is 16.1. The van der Waals surface area contributed by atoms with Crippen LogP contribution in [0.5, 0.6) is 0 Å². The third-order valence-corrected chi connectivity index (χ3v) is 5.93. The van der Waals surface area contributed by atoms with Crippen molar-refractivity contribution in [3.8, 4) is 0 Å². The van der Waals surface area contributed by atoms with Crippen LogP contribution in [0, 0.1) is 0 Å². The second kappa shape index (κ2) is 10.6. The molecule has 0 fully saturated rings. The summed E-state index contributed by atoms with van der Waals surface area (Å²) in [6.45, 7) is 6.27. The molecular formula is C19H27N3O3S2. The van der Waals surface area contributed by atoms with Gasteiger partial charge in [-0.05, 0) is 12.8 Å². The molecule has 1 N–H and O–H groups in total. The second-order valence-corrected chi connectivity index (χ2v) is 9.62. The van der Waals surface area contributed by atoms with Crippen LogP contribution >= 0.6 is 23.1 Å². The molecule has 0 radical (unpaired) electrons. The average molecular weight is 410 g/mol. The van der Waals surface area contributed by atoms with Gasteiger partial charge in [0.1, 0.15) is 12.0 Å². The maximum Gasteiger partial charge on any atom is 0.226 e. The number of aromatic nitrogens is 2. The van der Waals surface area contributed by atoms with Crippen LogP contribution in [0.4, 0.5) is 5.13 Å². The molecule has 0 aliphatic heterocycles. The van der Waals surface area contributed by atoms with Crippen LogP contribution in [0.1, 0.15) is 70.9 Å². The Labute approximate surface area is 168 Å². The van der Waals surface area contributed by atoms with Crippen LogP contribution in [0.15, 0.2) is 21.0 Å². The van der Waals surface area contributed by atoms with Crippen molar-refractivity contribution in [2.75, 3.05) is 5.32 Å². The number of thioether (sulfide) groups is 1. The Morgan fingerprint density at radius 2 is 2.00 bits per heavy atom. The van der Waals surface area contributed by atoms with Gasteiger partial charge in [-0.25, -0.2) is 9.97 Å². The van der Waals surface area contributed by atoms with E-state index in [1.165, 1.54) is 11.3 Å². The molecule has 2 rings (SSSR count). The summed E-state index contributed by atoms with van der Waals surface area (Å²) in [5.74, 6) is 2.19. The molecule has 8 heteroatoms. The van der Waals surface area contributed by atoms with E-state index >= 15 is 0 Å². The second-order valence-electron chi connectivity index (χ2n) is 7.31. The first-order chi connectivity index (χ1) is 12.9. The van der Waals surface area contributed by atoms with Gasteiger partial charge in [-0.1, -0.05) is 44.9 Å². The Balaban J connectivity index is 1.70. The lowest BCUT2D eigenvalue weighted by Gasteiger charge is -2.12. The van der Waals surface area contributed by atoms with Crippen LogP contribution in [0.2, 0.25) is 0 Å². The van der Waals surface area contributed by atoms with Gasteiger partial charge in [-0.15, -0.1) is 11.8 Å². The van der Waals surface area contributed by atoms with Gasteiger partial charge in [0, 0.05) is 18.3 Å². The Bertz CT molecular complexity index is 735. The summed E-state index contributed by atoms with van der Waals surface area (Å²) < 4.78 is 6.79. The summed E-state index contributed by atoms with van der Waals surface area (Å²) in [6.07, 6.45) is 9.26. The number of amides is 1. The standard InChI is InChI=1S/C19H27N3O3S2/c1-19(2,3)14-11-20-16(25-14)13-26-17-12-21-18(27-17)22-15(24)9-7-5-4-6-8-10-23/h10-12H,4-9,13H2,1-3H3,(H,21,22,24). The smallest absolute Gasteiger partial charge is 0.226 e. The number of nitrogens with zero attached hydrogens (tertiary/aromatic N) is 2. The summed E-state index contributed by atoms with van der Waals surface area (Å²) in [6, 6.07) is 0. The predicted octanol–water partition coefficient (Wildman–Crippen LogP) is 5.20. The van der Waals surface area contributed by atoms with Gasteiger partial charge < -0.3 is 14.5 Å². The Morgan fingerprint density at radius 1 is 1.22 bits per heavy atom. The number of nitrogens with one attached hydrogen (secondary N) is 1. The molecule has 0 aromatic carbocycles. The van der Waals surface area contributed by atoms with Crippen LogP contribution in [-0.4, -0.2) is 22.2 Å². The maximum absolute atomic E-state index is 12.0. The van der Waals surface area contributed by atoms with E-state index in [9.17, 15) is 9.59 Å². The quantitative estimate of drug-likeness (QED) is 0.312. The Hall–Kier alpha value is -1.67. The van der Waals surface area contributed by atoms with E-state index in [1.54, 1.807) is 24.2 Å². The normalized spacial score (nSPS) is 11.5. The van der Waals surface area contributed by atoms with E-state index in [2.05, 4.69) is 36.1 Å². The van der Waals surface area contributed by atoms with Crippen molar-refractivity contribution in [1.29, 1.82) is 0 Å². The number of carbonyl (C=O) groups excluding carboxylic acids is 2. The third-order valence-electron chi connectivity index (χ3n) is 3.84. The van der Waals surface area contributed by atoms with Crippen LogP contribution in [0.3, 0.4) is 0 Å². The van der Waals surface area contributed by atoms with Crippen molar-refractivity contribution >= 4 is 40.4 Å². The zero-order chi connectivity index (χ0) is 19.7. The molecule has 148 valence electrons. The summed E-state index contributed by atoms with van der Waals surface area (Å²) >= 11 is 3.05. The summed E-state index contributed by atoms with van der Waals surface area (Å²) in [5, 5.41) is 3.46.